The molecule has 1 amide bonds. The Kier molecular flexibility index (Phi) is 6.92. The molecule has 1 aliphatic carbocycles. The van der Waals surface area contributed by atoms with E-state index in [9.17, 15) is 4.79 Å². The summed E-state index contributed by atoms with van der Waals surface area (Å²) < 4.78 is 0. The van der Waals surface area contributed by atoms with E-state index in [2.05, 4.69) is 52.4 Å². The normalized spacial score (nSPS) is 28.0. The average Bonchev–Trinajstić information content (AvgIpc) is 3.07. The highest BCUT2D eigenvalue weighted by atomic mass is 16.2. The predicted molar refractivity (Wildman–Crippen MR) is 119 cm³/mol. The molecule has 0 aromatic heterocycles. The maximum Gasteiger partial charge on any atom is 0.241 e. The molecule has 1 aromatic rings. The summed E-state index contributed by atoms with van der Waals surface area (Å²) >= 11 is 0. The molecule has 1 aromatic carbocycles. The number of rotatable bonds is 7. The van der Waals surface area contributed by atoms with E-state index in [1.165, 1.54) is 56.9 Å². The van der Waals surface area contributed by atoms with Gasteiger partial charge in [0.25, 0.3) is 0 Å². The van der Waals surface area contributed by atoms with Gasteiger partial charge in [-0.25, -0.2) is 0 Å². The standard InChI is InChI=1S/C25H39N3O/c1-2-3-4-10-17-28-20-26-24(29)25(28)15-18-27(19-16-25)23-14-9-8-13-22(23)21-11-6-5-7-12-21/h5-7,11-12,22-23H,2-4,8-10,13-20H2,1H3,(H,26,29). The van der Waals surface area contributed by atoms with E-state index < -0.39 is 0 Å². The monoisotopic (exact) mass is 397 g/mol. The summed E-state index contributed by atoms with van der Waals surface area (Å²) in [5, 5.41) is 3.17. The van der Waals surface area contributed by atoms with Crippen LogP contribution in [-0.4, -0.2) is 53.6 Å². The molecule has 3 aliphatic rings. The summed E-state index contributed by atoms with van der Waals surface area (Å²) in [4.78, 5) is 18.0. The molecule has 29 heavy (non-hydrogen) atoms. The summed E-state index contributed by atoms with van der Waals surface area (Å²) in [6, 6.07) is 11.8. The van der Waals surface area contributed by atoms with Crippen molar-refractivity contribution in [2.75, 3.05) is 26.3 Å². The molecule has 3 fully saturated rings. The van der Waals surface area contributed by atoms with Crippen molar-refractivity contribution < 1.29 is 4.79 Å². The van der Waals surface area contributed by atoms with Crippen LogP contribution in [0.5, 0.6) is 0 Å². The molecule has 0 radical (unpaired) electrons. The molecule has 1 N–H and O–H groups in total. The van der Waals surface area contributed by atoms with Crippen LogP contribution in [0, 0.1) is 0 Å². The lowest BCUT2D eigenvalue weighted by atomic mass is 9.77. The number of carbonyl (C=O) groups excluding carboxylic acids is 1. The first-order valence-corrected chi connectivity index (χ1v) is 12.1. The number of benzene rings is 1. The molecule has 160 valence electrons. The Morgan fingerprint density at radius 2 is 1.79 bits per heavy atom. The van der Waals surface area contributed by atoms with Crippen molar-refractivity contribution in [1.82, 2.24) is 15.1 Å². The fourth-order valence-electron chi connectivity index (χ4n) is 6.06. The molecule has 4 rings (SSSR count). The molecule has 2 heterocycles. The van der Waals surface area contributed by atoms with E-state index in [0.29, 0.717) is 12.0 Å². The smallest absolute Gasteiger partial charge is 0.241 e. The van der Waals surface area contributed by atoms with E-state index in [-0.39, 0.29) is 11.4 Å². The van der Waals surface area contributed by atoms with Gasteiger partial charge in [0.2, 0.25) is 5.91 Å². The topological polar surface area (TPSA) is 35.6 Å². The Labute approximate surface area is 177 Å². The van der Waals surface area contributed by atoms with Gasteiger partial charge in [-0.2, -0.15) is 0 Å². The van der Waals surface area contributed by atoms with Gasteiger partial charge >= 0.3 is 0 Å². The lowest BCUT2D eigenvalue weighted by Gasteiger charge is -2.47. The largest absolute Gasteiger partial charge is 0.342 e. The van der Waals surface area contributed by atoms with Crippen LogP contribution in [-0.2, 0) is 4.79 Å². The van der Waals surface area contributed by atoms with Crippen molar-refractivity contribution in [2.45, 2.75) is 88.6 Å². The molecule has 4 nitrogen and oxygen atoms in total. The molecule has 2 aliphatic heterocycles. The summed E-state index contributed by atoms with van der Waals surface area (Å²) in [5.41, 5.74) is 1.27. The van der Waals surface area contributed by atoms with E-state index in [4.69, 9.17) is 0 Å². The Morgan fingerprint density at radius 3 is 2.55 bits per heavy atom. The molecule has 4 heteroatoms. The minimum absolute atomic E-state index is 0.236. The van der Waals surface area contributed by atoms with Gasteiger partial charge in [0.1, 0.15) is 5.54 Å². The van der Waals surface area contributed by atoms with E-state index in [1.807, 2.05) is 0 Å². The van der Waals surface area contributed by atoms with Crippen molar-refractivity contribution >= 4 is 5.91 Å². The quantitative estimate of drug-likeness (QED) is 0.687. The number of nitrogens with one attached hydrogen (secondary N) is 1. The van der Waals surface area contributed by atoms with Gasteiger partial charge in [-0.1, -0.05) is 69.4 Å². The second kappa shape index (κ2) is 9.61. The molecule has 2 unspecified atom stereocenters. The summed E-state index contributed by atoms with van der Waals surface area (Å²) in [6.07, 6.45) is 12.4. The number of hydrogen-bond acceptors (Lipinski definition) is 3. The second-order valence-corrected chi connectivity index (χ2v) is 9.42. The zero-order valence-electron chi connectivity index (χ0n) is 18.2. The highest BCUT2D eigenvalue weighted by molar-refractivity contribution is 5.88. The van der Waals surface area contributed by atoms with Gasteiger partial charge in [0.15, 0.2) is 0 Å². The SMILES string of the molecule is CCCCCCN1CNC(=O)C12CCN(C1CCCCC1c1ccccc1)CC2. The average molecular weight is 398 g/mol. The van der Waals surface area contributed by atoms with Gasteiger partial charge in [0.05, 0.1) is 6.67 Å². The summed E-state index contributed by atoms with van der Waals surface area (Å²) in [6.45, 7) is 6.20. The first-order valence-electron chi connectivity index (χ1n) is 12.1. The Morgan fingerprint density at radius 1 is 1.03 bits per heavy atom. The van der Waals surface area contributed by atoms with Crippen LogP contribution in [0.4, 0.5) is 0 Å². The lowest BCUT2D eigenvalue weighted by Crippen LogP contribution is -2.58. The molecule has 1 spiro atoms. The van der Waals surface area contributed by atoms with E-state index >= 15 is 0 Å². The molecule has 2 saturated heterocycles. The number of hydrogen-bond donors (Lipinski definition) is 1. The first-order chi connectivity index (χ1) is 14.2. The van der Waals surface area contributed by atoms with Crippen LogP contribution in [0.15, 0.2) is 30.3 Å². The summed E-state index contributed by atoms with van der Waals surface area (Å²) in [5.74, 6) is 0.942. The Hall–Kier alpha value is -1.39. The van der Waals surface area contributed by atoms with Crippen LogP contribution in [0.2, 0.25) is 0 Å². The third kappa shape index (κ3) is 4.39. The van der Waals surface area contributed by atoms with Gasteiger partial charge in [0, 0.05) is 25.7 Å². The van der Waals surface area contributed by atoms with Crippen LogP contribution in [0.25, 0.3) is 0 Å². The van der Waals surface area contributed by atoms with Gasteiger partial charge in [-0.15, -0.1) is 0 Å². The number of piperidine rings is 1. The predicted octanol–water partition coefficient (Wildman–Crippen LogP) is 4.52. The Balaban J connectivity index is 1.40. The van der Waals surface area contributed by atoms with Crippen LogP contribution < -0.4 is 5.32 Å². The zero-order valence-corrected chi connectivity index (χ0v) is 18.2. The van der Waals surface area contributed by atoms with Gasteiger partial charge in [-0.3, -0.25) is 14.6 Å². The number of amides is 1. The summed E-state index contributed by atoms with van der Waals surface area (Å²) in [7, 11) is 0. The van der Waals surface area contributed by atoms with Crippen molar-refractivity contribution in [2.24, 2.45) is 0 Å². The fourth-order valence-corrected chi connectivity index (χ4v) is 6.06. The van der Waals surface area contributed by atoms with E-state index in [1.54, 1.807) is 0 Å². The highest BCUT2D eigenvalue weighted by Gasteiger charge is 2.50. The van der Waals surface area contributed by atoms with Crippen molar-refractivity contribution in [3.63, 3.8) is 0 Å². The number of carbonyl (C=O) groups is 1. The molecule has 0 bridgehead atoms. The maximum atomic E-state index is 12.8. The van der Waals surface area contributed by atoms with Gasteiger partial charge < -0.3 is 5.32 Å². The number of likely N-dealkylation sites (tertiary alicyclic amines) is 1. The van der Waals surface area contributed by atoms with Crippen LogP contribution in [0.1, 0.15) is 82.6 Å². The minimum atomic E-state index is -0.236. The third-order valence-electron chi connectivity index (χ3n) is 7.79. The molecular formula is C25H39N3O. The minimum Gasteiger partial charge on any atom is -0.342 e. The fraction of sp³-hybridized carbons (Fsp3) is 0.720. The first kappa shape index (κ1) is 20.9. The second-order valence-electron chi connectivity index (χ2n) is 9.42. The number of unbranched alkanes of at least 4 members (excludes halogenated alkanes) is 3. The van der Waals surface area contributed by atoms with Crippen molar-refractivity contribution in [3.05, 3.63) is 35.9 Å². The van der Waals surface area contributed by atoms with Gasteiger partial charge in [-0.05, 0) is 43.6 Å². The van der Waals surface area contributed by atoms with Crippen molar-refractivity contribution in [3.8, 4) is 0 Å². The van der Waals surface area contributed by atoms with Crippen LogP contribution >= 0.6 is 0 Å². The lowest BCUT2D eigenvalue weighted by molar-refractivity contribution is -0.129. The molecule has 1 saturated carbocycles. The highest BCUT2D eigenvalue weighted by Crippen LogP contribution is 2.40. The molecule has 2 atom stereocenters. The molecular weight excluding hydrogens is 358 g/mol. The third-order valence-corrected chi connectivity index (χ3v) is 7.79. The Bertz CT molecular complexity index is 653. The number of nitrogens with zero attached hydrogens (tertiary/aromatic N) is 2. The van der Waals surface area contributed by atoms with E-state index in [0.717, 1.165) is 39.1 Å². The zero-order chi connectivity index (χ0) is 20.1. The van der Waals surface area contributed by atoms with Crippen LogP contribution in [0.3, 0.4) is 0 Å². The maximum absolute atomic E-state index is 12.8. The van der Waals surface area contributed by atoms with Crippen molar-refractivity contribution in [1.29, 1.82) is 0 Å².